The first kappa shape index (κ1) is 8.73. The normalized spacial score (nSPS) is 9.83. The van der Waals surface area contributed by atoms with E-state index in [0.717, 1.165) is 0 Å². The molecule has 0 aromatic heterocycles. The zero-order valence-electron chi connectivity index (χ0n) is 6.43. The topological polar surface area (TPSA) is 0 Å². The van der Waals surface area contributed by atoms with Gasteiger partial charge in [0.1, 0.15) is 0 Å². The smallest absolute Gasteiger partial charge is 0.210 e. The van der Waals surface area contributed by atoms with E-state index < -0.39 is 6.43 Å². The Balaban J connectivity index is 2.91. The van der Waals surface area contributed by atoms with Crippen LogP contribution < -0.4 is 0 Å². The Morgan fingerprint density at radius 1 is 1.33 bits per heavy atom. The monoisotopic (exact) mass is 166 g/mol. The number of alkyl halides is 2. The first-order valence-electron chi connectivity index (χ1n) is 3.56. The first-order valence-corrected chi connectivity index (χ1v) is 3.56. The Hall–Kier alpha value is -1.36. The Kier molecular flexibility index (Phi) is 2.82. The van der Waals surface area contributed by atoms with Gasteiger partial charge in [-0.15, -0.1) is 6.42 Å². The zero-order chi connectivity index (χ0) is 8.97. The van der Waals surface area contributed by atoms with Gasteiger partial charge in [0.2, 0.25) is 6.43 Å². The lowest BCUT2D eigenvalue weighted by Gasteiger charge is -2.02. The molecule has 0 nitrogen and oxygen atoms in total. The molecule has 0 spiro atoms. The van der Waals surface area contributed by atoms with Gasteiger partial charge in [0.15, 0.2) is 0 Å². The molecule has 0 unspecified atom stereocenters. The SMILES string of the molecule is C#Cc1ccccc1CC(F)F. The predicted molar refractivity (Wildman–Crippen MR) is 44.1 cm³/mol. The highest BCUT2D eigenvalue weighted by Gasteiger charge is 2.06. The van der Waals surface area contributed by atoms with Crippen LogP contribution in [0.25, 0.3) is 0 Å². The molecule has 12 heavy (non-hydrogen) atoms. The van der Waals surface area contributed by atoms with E-state index in [1.165, 1.54) is 0 Å². The van der Waals surface area contributed by atoms with E-state index in [0.29, 0.717) is 11.1 Å². The summed E-state index contributed by atoms with van der Waals surface area (Å²) >= 11 is 0. The number of hydrogen-bond donors (Lipinski definition) is 0. The third-order valence-electron chi connectivity index (χ3n) is 1.55. The fourth-order valence-electron chi connectivity index (χ4n) is 1.01. The summed E-state index contributed by atoms with van der Waals surface area (Å²) in [6.07, 6.45) is 2.53. The molecule has 0 bridgehead atoms. The van der Waals surface area contributed by atoms with Crippen LogP contribution in [-0.4, -0.2) is 6.43 Å². The number of rotatable bonds is 2. The molecule has 0 aliphatic heterocycles. The molecule has 2 heteroatoms. The van der Waals surface area contributed by atoms with E-state index in [1.807, 2.05) is 0 Å². The van der Waals surface area contributed by atoms with E-state index in [4.69, 9.17) is 6.42 Å². The molecule has 0 saturated carbocycles. The summed E-state index contributed by atoms with van der Waals surface area (Å²) in [5.41, 5.74) is 1.09. The van der Waals surface area contributed by atoms with Gasteiger partial charge in [-0.3, -0.25) is 0 Å². The van der Waals surface area contributed by atoms with E-state index >= 15 is 0 Å². The lowest BCUT2D eigenvalue weighted by molar-refractivity contribution is 0.149. The summed E-state index contributed by atoms with van der Waals surface area (Å²) < 4.78 is 23.9. The molecule has 0 atom stereocenters. The summed E-state index contributed by atoms with van der Waals surface area (Å²) in [6.45, 7) is 0. The second kappa shape index (κ2) is 3.87. The Labute approximate surface area is 70.2 Å². The molecule has 0 radical (unpaired) electrons. The number of benzene rings is 1. The van der Waals surface area contributed by atoms with Crippen LogP contribution >= 0.6 is 0 Å². The molecule has 1 aromatic rings. The highest BCUT2D eigenvalue weighted by atomic mass is 19.3. The minimum atomic E-state index is -2.33. The van der Waals surface area contributed by atoms with E-state index in [1.54, 1.807) is 24.3 Å². The molecule has 0 fully saturated rings. The second-order valence-corrected chi connectivity index (χ2v) is 2.40. The van der Waals surface area contributed by atoms with Crippen molar-refractivity contribution in [2.45, 2.75) is 12.8 Å². The van der Waals surface area contributed by atoms with Crippen molar-refractivity contribution < 1.29 is 8.78 Å². The van der Waals surface area contributed by atoms with E-state index in [9.17, 15) is 8.78 Å². The van der Waals surface area contributed by atoms with Crippen molar-refractivity contribution in [2.75, 3.05) is 0 Å². The molecule has 0 saturated heterocycles. The van der Waals surface area contributed by atoms with Gasteiger partial charge in [-0.25, -0.2) is 8.78 Å². The average Bonchev–Trinajstić information content (AvgIpc) is 2.04. The van der Waals surface area contributed by atoms with Crippen molar-refractivity contribution >= 4 is 0 Å². The maximum Gasteiger partial charge on any atom is 0.242 e. The predicted octanol–water partition coefficient (Wildman–Crippen LogP) is 2.48. The summed E-state index contributed by atoms with van der Waals surface area (Å²) in [4.78, 5) is 0. The molecular formula is C10H8F2. The zero-order valence-corrected chi connectivity index (χ0v) is 6.43. The highest BCUT2D eigenvalue weighted by molar-refractivity contribution is 5.39. The van der Waals surface area contributed by atoms with Crippen LogP contribution in [0, 0.1) is 12.3 Å². The Morgan fingerprint density at radius 2 is 2.00 bits per heavy atom. The van der Waals surface area contributed by atoms with Crippen LogP contribution in [0.15, 0.2) is 24.3 Å². The van der Waals surface area contributed by atoms with Crippen LogP contribution in [-0.2, 0) is 6.42 Å². The molecule has 0 aliphatic rings. The van der Waals surface area contributed by atoms with Gasteiger partial charge >= 0.3 is 0 Å². The van der Waals surface area contributed by atoms with Gasteiger partial charge in [0.05, 0.1) is 0 Å². The third-order valence-corrected chi connectivity index (χ3v) is 1.55. The van der Waals surface area contributed by atoms with Crippen molar-refractivity contribution in [1.82, 2.24) is 0 Å². The maximum absolute atomic E-state index is 12.0. The van der Waals surface area contributed by atoms with E-state index in [-0.39, 0.29) is 6.42 Å². The lowest BCUT2D eigenvalue weighted by atomic mass is 10.1. The van der Waals surface area contributed by atoms with Crippen molar-refractivity contribution in [3.63, 3.8) is 0 Å². The van der Waals surface area contributed by atoms with Crippen LogP contribution in [0.4, 0.5) is 8.78 Å². The standard InChI is InChI=1S/C10H8F2/c1-2-8-5-3-4-6-9(8)7-10(11)12/h1,3-6,10H,7H2. The third kappa shape index (κ3) is 2.06. The molecule has 0 amide bonds. The quantitative estimate of drug-likeness (QED) is 0.592. The fraction of sp³-hybridized carbons (Fsp3) is 0.200. The van der Waals surface area contributed by atoms with Crippen LogP contribution in [0.3, 0.4) is 0 Å². The Morgan fingerprint density at radius 3 is 2.58 bits per heavy atom. The van der Waals surface area contributed by atoms with E-state index in [2.05, 4.69) is 5.92 Å². The van der Waals surface area contributed by atoms with Gasteiger partial charge in [-0.05, 0) is 11.6 Å². The largest absolute Gasteiger partial charge is 0.242 e. The molecule has 0 N–H and O–H groups in total. The van der Waals surface area contributed by atoms with Gasteiger partial charge in [0, 0.05) is 12.0 Å². The maximum atomic E-state index is 12.0. The van der Waals surface area contributed by atoms with Gasteiger partial charge in [0.25, 0.3) is 0 Å². The lowest BCUT2D eigenvalue weighted by Crippen LogP contribution is -1.98. The van der Waals surface area contributed by atoms with Gasteiger partial charge < -0.3 is 0 Å². The summed E-state index contributed by atoms with van der Waals surface area (Å²) in [5.74, 6) is 2.37. The minimum Gasteiger partial charge on any atom is -0.210 e. The van der Waals surface area contributed by atoms with Crippen LogP contribution in [0.5, 0.6) is 0 Å². The average molecular weight is 166 g/mol. The second-order valence-electron chi connectivity index (χ2n) is 2.40. The molecule has 0 heterocycles. The highest BCUT2D eigenvalue weighted by Crippen LogP contribution is 2.11. The van der Waals surface area contributed by atoms with Gasteiger partial charge in [-0.1, -0.05) is 24.1 Å². The first-order chi connectivity index (χ1) is 5.74. The fourth-order valence-corrected chi connectivity index (χ4v) is 1.01. The summed E-state index contributed by atoms with van der Waals surface area (Å²) in [6, 6.07) is 6.74. The number of terminal acetylenes is 1. The van der Waals surface area contributed by atoms with Crippen LogP contribution in [0.1, 0.15) is 11.1 Å². The molecule has 1 rings (SSSR count). The van der Waals surface area contributed by atoms with Crippen molar-refractivity contribution in [3.8, 4) is 12.3 Å². The van der Waals surface area contributed by atoms with Crippen molar-refractivity contribution in [1.29, 1.82) is 0 Å². The summed E-state index contributed by atoms with van der Waals surface area (Å²) in [5, 5.41) is 0. The number of halogens is 2. The van der Waals surface area contributed by atoms with Gasteiger partial charge in [-0.2, -0.15) is 0 Å². The molecular weight excluding hydrogens is 158 g/mol. The molecule has 62 valence electrons. The van der Waals surface area contributed by atoms with Crippen molar-refractivity contribution in [2.24, 2.45) is 0 Å². The molecule has 1 aromatic carbocycles. The molecule has 0 aliphatic carbocycles. The minimum absolute atomic E-state index is 0.264. The van der Waals surface area contributed by atoms with Crippen molar-refractivity contribution in [3.05, 3.63) is 35.4 Å². The Bertz CT molecular complexity index is 297. The summed E-state index contributed by atoms with van der Waals surface area (Å²) in [7, 11) is 0. The number of hydrogen-bond acceptors (Lipinski definition) is 0. The van der Waals surface area contributed by atoms with Crippen LogP contribution in [0.2, 0.25) is 0 Å².